The first-order valence-electron chi connectivity index (χ1n) is 7.51. The summed E-state index contributed by atoms with van der Waals surface area (Å²) in [5, 5.41) is 15.1. The highest BCUT2D eigenvalue weighted by Gasteiger charge is 2.13. The SMILES string of the molecule is CCc1ccccc1CNC(=O)N[C@H](CO)c1ccccc1. The van der Waals surface area contributed by atoms with E-state index in [2.05, 4.69) is 23.6 Å². The maximum absolute atomic E-state index is 12.0. The number of nitrogens with one attached hydrogen (secondary N) is 2. The van der Waals surface area contributed by atoms with Gasteiger partial charge in [0.15, 0.2) is 0 Å². The van der Waals surface area contributed by atoms with Crippen molar-refractivity contribution in [3.63, 3.8) is 0 Å². The van der Waals surface area contributed by atoms with Crippen molar-refractivity contribution in [1.82, 2.24) is 10.6 Å². The third-order valence-electron chi connectivity index (χ3n) is 3.63. The number of aliphatic hydroxyl groups excluding tert-OH is 1. The molecule has 116 valence electrons. The summed E-state index contributed by atoms with van der Waals surface area (Å²) in [6.07, 6.45) is 0.933. The summed E-state index contributed by atoms with van der Waals surface area (Å²) in [6, 6.07) is 16.8. The van der Waals surface area contributed by atoms with Crippen LogP contribution in [0.2, 0.25) is 0 Å². The average Bonchev–Trinajstić information content (AvgIpc) is 2.58. The number of rotatable bonds is 6. The molecule has 0 spiro atoms. The van der Waals surface area contributed by atoms with Gasteiger partial charge in [0.2, 0.25) is 0 Å². The van der Waals surface area contributed by atoms with Crippen LogP contribution in [0.25, 0.3) is 0 Å². The van der Waals surface area contributed by atoms with Crippen LogP contribution in [0.15, 0.2) is 54.6 Å². The number of benzene rings is 2. The van der Waals surface area contributed by atoms with E-state index in [0.29, 0.717) is 6.54 Å². The van der Waals surface area contributed by atoms with E-state index in [0.717, 1.165) is 17.5 Å². The number of aliphatic hydroxyl groups is 1. The van der Waals surface area contributed by atoms with Gasteiger partial charge in [0.1, 0.15) is 0 Å². The lowest BCUT2D eigenvalue weighted by atomic mass is 10.1. The molecule has 0 unspecified atom stereocenters. The summed E-state index contributed by atoms with van der Waals surface area (Å²) in [5.74, 6) is 0. The quantitative estimate of drug-likeness (QED) is 0.768. The molecule has 0 aromatic heterocycles. The molecule has 0 fully saturated rings. The van der Waals surface area contributed by atoms with Gasteiger partial charge in [-0.15, -0.1) is 0 Å². The van der Waals surface area contributed by atoms with Gasteiger partial charge < -0.3 is 15.7 Å². The molecular formula is C18H22N2O2. The summed E-state index contributed by atoms with van der Waals surface area (Å²) in [5.41, 5.74) is 3.22. The zero-order valence-electron chi connectivity index (χ0n) is 12.8. The minimum absolute atomic E-state index is 0.136. The predicted octanol–water partition coefficient (Wildman–Crippen LogP) is 2.78. The third kappa shape index (κ3) is 4.33. The summed E-state index contributed by atoms with van der Waals surface area (Å²) in [7, 11) is 0. The molecule has 0 bridgehead atoms. The minimum Gasteiger partial charge on any atom is -0.394 e. The molecule has 4 heteroatoms. The van der Waals surface area contributed by atoms with Gasteiger partial charge in [0.05, 0.1) is 12.6 Å². The second kappa shape index (κ2) is 8.20. The first-order valence-corrected chi connectivity index (χ1v) is 7.51. The molecule has 4 nitrogen and oxygen atoms in total. The summed E-state index contributed by atoms with van der Waals surface area (Å²) in [4.78, 5) is 12.0. The number of aryl methyl sites for hydroxylation is 1. The van der Waals surface area contributed by atoms with Crippen LogP contribution in [-0.2, 0) is 13.0 Å². The molecule has 1 atom stereocenters. The first-order chi connectivity index (χ1) is 10.7. The van der Waals surface area contributed by atoms with E-state index < -0.39 is 6.04 Å². The number of amides is 2. The van der Waals surface area contributed by atoms with Crippen molar-refractivity contribution in [3.05, 3.63) is 71.3 Å². The first kappa shape index (κ1) is 16.0. The van der Waals surface area contributed by atoms with Crippen molar-refractivity contribution >= 4 is 6.03 Å². The van der Waals surface area contributed by atoms with Crippen LogP contribution in [0.5, 0.6) is 0 Å². The van der Waals surface area contributed by atoms with Crippen molar-refractivity contribution in [1.29, 1.82) is 0 Å². The highest BCUT2D eigenvalue weighted by Crippen LogP contribution is 2.12. The van der Waals surface area contributed by atoms with Crippen molar-refractivity contribution in [2.24, 2.45) is 0 Å². The summed E-state index contributed by atoms with van der Waals surface area (Å²) >= 11 is 0. The van der Waals surface area contributed by atoms with Crippen molar-refractivity contribution in [2.75, 3.05) is 6.61 Å². The Morgan fingerprint density at radius 2 is 1.68 bits per heavy atom. The zero-order chi connectivity index (χ0) is 15.8. The van der Waals surface area contributed by atoms with Crippen LogP contribution >= 0.6 is 0 Å². The molecule has 0 saturated heterocycles. The van der Waals surface area contributed by atoms with Gasteiger partial charge in [-0.3, -0.25) is 0 Å². The Morgan fingerprint density at radius 1 is 1.05 bits per heavy atom. The molecule has 0 aliphatic rings. The Morgan fingerprint density at radius 3 is 2.32 bits per heavy atom. The summed E-state index contributed by atoms with van der Waals surface area (Å²) < 4.78 is 0. The van der Waals surface area contributed by atoms with Crippen LogP contribution in [0.4, 0.5) is 4.79 Å². The molecule has 2 rings (SSSR count). The number of hydrogen-bond donors (Lipinski definition) is 3. The van der Waals surface area contributed by atoms with Gasteiger partial charge in [-0.05, 0) is 23.1 Å². The standard InChI is InChI=1S/C18H22N2O2/c1-2-14-8-6-7-11-16(14)12-19-18(22)20-17(13-21)15-9-4-3-5-10-15/h3-11,17,21H,2,12-13H2,1H3,(H2,19,20,22)/t17-/m1/s1. The second-order valence-electron chi connectivity index (χ2n) is 5.10. The minimum atomic E-state index is -0.400. The Bertz CT molecular complexity index is 599. The summed E-state index contributed by atoms with van der Waals surface area (Å²) in [6.45, 7) is 2.43. The molecular weight excluding hydrogens is 276 g/mol. The smallest absolute Gasteiger partial charge is 0.315 e. The van der Waals surface area contributed by atoms with Gasteiger partial charge in [-0.25, -0.2) is 4.79 Å². The molecule has 0 saturated carbocycles. The predicted molar refractivity (Wildman–Crippen MR) is 87.5 cm³/mol. The molecule has 0 radical (unpaired) electrons. The number of urea groups is 1. The molecule has 2 aromatic carbocycles. The highest BCUT2D eigenvalue weighted by atomic mass is 16.3. The topological polar surface area (TPSA) is 61.4 Å². The monoisotopic (exact) mass is 298 g/mol. The molecule has 0 aliphatic heterocycles. The van der Waals surface area contributed by atoms with E-state index in [1.807, 2.05) is 48.5 Å². The van der Waals surface area contributed by atoms with Gasteiger partial charge in [0, 0.05) is 6.54 Å². The average molecular weight is 298 g/mol. The van der Waals surface area contributed by atoms with Gasteiger partial charge in [0.25, 0.3) is 0 Å². The van der Waals surface area contributed by atoms with Crippen molar-refractivity contribution in [3.8, 4) is 0 Å². The van der Waals surface area contributed by atoms with E-state index in [9.17, 15) is 9.90 Å². The fraction of sp³-hybridized carbons (Fsp3) is 0.278. The van der Waals surface area contributed by atoms with E-state index in [-0.39, 0.29) is 12.6 Å². The van der Waals surface area contributed by atoms with Gasteiger partial charge in [-0.1, -0.05) is 61.5 Å². The van der Waals surface area contributed by atoms with Gasteiger partial charge >= 0.3 is 6.03 Å². The number of carbonyl (C=O) groups is 1. The second-order valence-corrected chi connectivity index (χ2v) is 5.10. The van der Waals surface area contributed by atoms with E-state index in [1.54, 1.807) is 0 Å². The Hall–Kier alpha value is -2.33. The van der Waals surface area contributed by atoms with Crippen molar-refractivity contribution < 1.29 is 9.90 Å². The lowest BCUT2D eigenvalue weighted by Crippen LogP contribution is -2.39. The van der Waals surface area contributed by atoms with E-state index in [4.69, 9.17) is 0 Å². The van der Waals surface area contributed by atoms with E-state index in [1.165, 1.54) is 5.56 Å². The Kier molecular flexibility index (Phi) is 5.98. The lowest BCUT2D eigenvalue weighted by molar-refractivity contribution is 0.216. The maximum Gasteiger partial charge on any atom is 0.315 e. The highest BCUT2D eigenvalue weighted by molar-refractivity contribution is 5.74. The Labute approximate surface area is 131 Å². The van der Waals surface area contributed by atoms with Crippen LogP contribution in [0, 0.1) is 0 Å². The fourth-order valence-electron chi connectivity index (χ4n) is 2.38. The zero-order valence-corrected chi connectivity index (χ0v) is 12.8. The molecule has 3 N–H and O–H groups in total. The Balaban J connectivity index is 1.92. The normalized spacial score (nSPS) is 11.7. The van der Waals surface area contributed by atoms with Crippen LogP contribution in [0.1, 0.15) is 29.7 Å². The number of carbonyl (C=O) groups excluding carboxylic acids is 1. The van der Waals surface area contributed by atoms with Gasteiger partial charge in [-0.2, -0.15) is 0 Å². The van der Waals surface area contributed by atoms with Crippen LogP contribution < -0.4 is 10.6 Å². The molecule has 2 aromatic rings. The molecule has 0 heterocycles. The lowest BCUT2D eigenvalue weighted by Gasteiger charge is -2.17. The molecule has 2 amide bonds. The maximum atomic E-state index is 12.0. The fourth-order valence-corrected chi connectivity index (χ4v) is 2.38. The number of hydrogen-bond acceptors (Lipinski definition) is 2. The third-order valence-corrected chi connectivity index (χ3v) is 3.63. The van der Waals surface area contributed by atoms with Crippen LogP contribution in [-0.4, -0.2) is 17.7 Å². The molecule has 0 aliphatic carbocycles. The largest absolute Gasteiger partial charge is 0.394 e. The molecule has 22 heavy (non-hydrogen) atoms. The van der Waals surface area contributed by atoms with Crippen molar-refractivity contribution in [2.45, 2.75) is 25.9 Å². The van der Waals surface area contributed by atoms with Crippen LogP contribution in [0.3, 0.4) is 0 Å². The van der Waals surface area contributed by atoms with E-state index >= 15 is 0 Å².